The summed E-state index contributed by atoms with van der Waals surface area (Å²) in [6, 6.07) is 12.9. The van der Waals surface area contributed by atoms with Crippen molar-refractivity contribution in [2.24, 2.45) is 0 Å². The summed E-state index contributed by atoms with van der Waals surface area (Å²) >= 11 is 0. The molecule has 0 bridgehead atoms. The molecule has 1 aliphatic rings. The largest absolute Gasteiger partial charge is 0.346 e. The van der Waals surface area contributed by atoms with E-state index in [0.29, 0.717) is 29.7 Å². The van der Waals surface area contributed by atoms with Gasteiger partial charge in [0.1, 0.15) is 28.9 Å². The summed E-state index contributed by atoms with van der Waals surface area (Å²) in [6.45, 7) is 3.85. The smallest absolute Gasteiger partial charge is 0.243 e. The molecule has 2 N–H and O–H groups in total. The Labute approximate surface area is 258 Å². The molecular formula is C33H30F3N5O3S. The molecule has 6 rings (SSSR count). The Balaban J connectivity index is 1.37. The second-order valence-corrected chi connectivity index (χ2v) is 13.1. The summed E-state index contributed by atoms with van der Waals surface area (Å²) in [5.41, 5.74) is 4.96. The zero-order valence-corrected chi connectivity index (χ0v) is 25.3. The molecule has 0 spiro atoms. The number of pyridine rings is 1. The Morgan fingerprint density at radius 1 is 0.978 bits per heavy atom. The molecule has 1 atom stereocenters. The number of nitrogens with one attached hydrogen (secondary N) is 2. The summed E-state index contributed by atoms with van der Waals surface area (Å²) < 4.78 is 73.3. The molecule has 232 valence electrons. The summed E-state index contributed by atoms with van der Waals surface area (Å²) in [5.74, 6) is -2.87. The van der Waals surface area contributed by atoms with Crippen LogP contribution < -0.4 is 10.0 Å². The van der Waals surface area contributed by atoms with Crippen molar-refractivity contribution in [2.45, 2.75) is 56.6 Å². The first-order valence-electron chi connectivity index (χ1n) is 14.4. The number of amides is 1. The highest BCUT2D eigenvalue weighted by atomic mass is 32.2. The number of aromatic nitrogens is 3. The Kier molecular flexibility index (Phi) is 8.19. The monoisotopic (exact) mass is 633 g/mol. The fourth-order valence-corrected chi connectivity index (χ4v) is 6.72. The molecule has 8 nitrogen and oxygen atoms in total. The number of hydrogen-bond acceptors (Lipinski definition) is 5. The summed E-state index contributed by atoms with van der Waals surface area (Å²) in [5, 5.41) is 2.95. The minimum atomic E-state index is -4.13. The normalized spacial score (nSPS) is 14.1. The maximum absolute atomic E-state index is 14.8. The lowest BCUT2D eigenvalue weighted by molar-refractivity contribution is -0.122. The number of sulfonamides is 1. The van der Waals surface area contributed by atoms with Gasteiger partial charge in [0.2, 0.25) is 15.9 Å². The molecule has 1 aliphatic carbocycles. The SMILES string of the molecule is Cc1cc2ncn(CC(=O)N[C@@H](Cc3cc(F)cc(F)c3)c3ncccc3-c3ccc(F)c(S(=O)(=O)NC4CC4)c3)c2cc1C. The van der Waals surface area contributed by atoms with Crippen molar-refractivity contribution < 1.29 is 26.4 Å². The number of carbonyl (C=O) groups is 1. The number of carbonyl (C=O) groups excluding carboxylic acids is 1. The number of halogens is 3. The first-order valence-corrected chi connectivity index (χ1v) is 15.9. The lowest BCUT2D eigenvalue weighted by atomic mass is 9.95. The van der Waals surface area contributed by atoms with E-state index in [-0.39, 0.29) is 24.6 Å². The second-order valence-electron chi connectivity index (χ2n) is 11.4. The van der Waals surface area contributed by atoms with Crippen LogP contribution >= 0.6 is 0 Å². The van der Waals surface area contributed by atoms with Crippen LogP contribution in [0.2, 0.25) is 0 Å². The van der Waals surface area contributed by atoms with Gasteiger partial charge in [0.05, 0.1) is 29.1 Å². The van der Waals surface area contributed by atoms with Gasteiger partial charge in [0, 0.05) is 23.9 Å². The molecule has 12 heteroatoms. The number of aryl methyl sites for hydroxylation is 2. The Bertz CT molecular complexity index is 2020. The highest BCUT2D eigenvalue weighted by Gasteiger charge is 2.30. The molecule has 0 radical (unpaired) electrons. The van der Waals surface area contributed by atoms with Crippen molar-refractivity contribution in [1.82, 2.24) is 24.6 Å². The van der Waals surface area contributed by atoms with Crippen molar-refractivity contribution in [3.63, 3.8) is 0 Å². The minimum Gasteiger partial charge on any atom is -0.346 e. The van der Waals surface area contributed by atoms with E-state index in [1.54, 1.807) is 23.0 Å². The lowest BCUT2D eigenvalue weighted by Crippen LogP contribution is -2.33. The summed E-state index contributed by atoms with van der Waals surface area (Å²) in [6.07, 6.45) is 4.40. The fourth-order valence-electron chi connectivity index (χ4n) is 5.31. The van der Waals surface area contributed by atoms with Crippen molar-refractivity contribution >= 4 is 27.0 Å². The van der Waals surface area contributed by atoms with Crippen LogP contribution in [-0.4, -0.2) is 34.9 Å². The molecule has 0 unspecified atom stereocenters. The lowest BCUT2D eigenvalue weighted by Gasteiger charge is -2.22. The molecule has 1 amide bonds. The fraction of sp³-hybridized carbons (Fsp3) is 0.242. The van der Waals surface area contributed by atoms with Crippen LogP contribution in [0, 0.1) is 31.3 Å². The Hall–Kier alpha value is -4.55. The Morgan fingerprint density at radius 3 is 2.44 bits per heavy atom. The zero-order chi connectivity index (χ0) is 31.9. The third-order valence-electron chi connectivity index (χ3n) is 7.85. The predicted molar refractivity (Wildman–Crippen MR) is 163 cm³/mol. The topological polar surface area (TPSA) is 106 Å². The predicted octanol–water partition coefficient (Wildman–Crippen LogP) is 5.67. The maximum atomic E-state index is 14.8. The van der Waals surface area contributed by atoms with E-state index >= 15 is 0 Å². The first kappa shape index (κ1) is 30.5. The minimum absolute atomic E-state index is 0.0387. The van der Waals surface area contributed by atoms with Gasteiger partial charge in [-0.05, 0) is 97.8 Å². The van der Waals surface area contributed by atoms with Gasteiger partial charge in [-0.25, -0.2) is 31.3 Å². The van der Waals surface area contributed by atoms with E-state index in [4.69, 9.17) is 0 Å². The van der Waals surface area contributed by atoms with Gasteiger partial charge in [-0.2, -0.15) is 0 Å². The average Bonchev–Trinajstić information content (AvgIpc) is 3.71. The number of rotatable bonds is 10. The van der Waals surface area contributed by atoms with Crippen LogP contribution in [-0.2, 0) is 27.8 Å². The van der Waals surface area contributed by atoms with Gasteiger partial charge in [0.25, 0.3) is 0 Å². The van der Waals surface area contributed by atoms with Crippen LogP contribution in [0.3, 0.4) is 0 Å². The third-order valence-corrected chi connectivity index (χ3v) is 9.38. The molecule has 1 fully saturated rings. The van der Waals surface area contributed by atoms with Crippen LogP contribution in [0.25, 0.3) is 22.2 Å². The molecule has 2 heterocycles. The molecule has 5 aromatic rings. The van der Waals surface area contributed by atoms with Gasteiger partial charge in [-0.3, -0.25) is 9.78 Å². The zero-order valence-electron chi connectivity index (χ0n) is 24.5. The summed E-state index contributed by atoms with van der Waals surface area (Å²) in [7, 11) is -4.13. The van der Waals surface area contributed by atoms with Gasteiger partial charge in [0.15, 0.2) is 0 Å². The van der Waals surface area contributed by atoms with E-state index in [0.717, 1.165) is 34.3 Å². The van der Waals surface area contributed by atoms with Crippen molar-refractivity contribution in [1.29, 1.82) is 0 Å². The van der Waals surface area contributed by atoms with E-state index in [1.807, 2.05) is 26.0 Å². The first-order chi connectivity index (χ1) is 21.5. The standard InChI is InChI=1S/C33H30F3N5O3S/c1-19-10-28-30(11-20(19)2)41(18-38-28)17-32(42)39-29(14-21-12-23(34)16-24(35)13-21)33-26(4-3-9-37-33)22-5-8-27(36)31(15-22)45(43,44)40-25-6-7-25/h3-5,8-13,15-16,18,25,29,40H,6-7,14,17H2,1-2H3,(H,39,42)/t29-/m0/s1. The Morgan fingerprint density at radius 2 is 1.71 bits per heavy atom. The van der Waals surface area contributed by atoms with E-state index in [9.17, 15) is 26.4 Å². The molecule has 2 aromatic heterocycles. The van der Waals surface area contributed by atoms with Crippen LogP contribution in [0.4, 0.5) is 13.2 Å². The number of hydrogen-bond donors (Lipinski definition) is 2. The molecule has 0 aliphatic heterocycles. The van der Waals surface area contributed by atoms with Crippen LogP contribution in [0.5, 0.6) is 0 Å². The van der Waals surface area contributed by atoms with E-state index in [1.165, 1.54) is 30.5 Å². The molecular weight excluding hydrogens is 603 g/mol. The van der Waals surface area contributed by atoms with Crippen LogP contribution in [0.1, 0.15) is 41.3 Å². The molecule has 45 heavy (non-hydrogen) atoms. The van der Waals surface area contributed by atoms with E-state index in [2.05, 4.69) is 20.0 Å². The molecule has 3 aromatic carbocycles. The third kappa shape index (κ3) is 6.76. The highest BCUT2D eigenvalue weighted by Crippen LogP contribution is 2.32. The quantitative estimate of drug-likeness (QED) is 0.206. The van der Waals surface area contributed by atoms with Crippen molar-refractivity contribution in [3.05, 3.63) is 113 Å². The number of nitrogens with zero attached hydrogens (tertiary/aromatic N) is 3. The van der Waals surface area contributed by atoms with Crippen LogP contribution in [0.15, 0.2) is 78.1 Å². The van der Waals surface area contributed by atoms with Gasteiger partial charge in [-0.15, -0.1) is 0 Å². The highest BCUT2D eigenvalue weighted by molar-refractivity contribution is 7.89. The van der Waals surface area contributed by atoms with Gasteiger partial charge in [-0.1, -0.05) is 12.1 Å². The second kappa shape index (κ2) is 12.1. The maximum Gasteiger partial charge on any atom is 0.243 e. The number of imidazole rings is 1. The number of fused-ring (bicyclic) bond motifs is 1. The molecule has 1 saturated carbocycles. The summed E-state index contributed by atoms with van der Waals surface area (Å²) in [4.78, 5) is 21.9. The van der Waals surface area contributed by atoms with Gasteiger partial charge >= 0.3 is 0 Å². The van der Waals surface area contributed by atoms with Crippen molar-refractivity contribution in [3.8, 4) is 11.1 Å². The molecule has 0 saturated heterocycles. The average molecular weight is 634 g/mol. The van der Waals surface area contributed by atoms with Gasteiger partial charge < -0.3 is 9.88 Å². The number of benzene rings is 3. The van der Waals surface area contributed by atoms with E-state index < -0.39 is 44.3 Å². The van der Waals surface area contributed by atoms with Crippen molar-refractivity contribution in [2.75, 3.05) is 0 Å².